The zero-order valence-corrected chi connectivity index (χ0v) is 11.6. The first-order valence-electron chi connectivity index (χ1n) is 5.09. The summed E-state index contributed by atoms with van der Waals surface area (Å²) in [6.45, 7) is 1.71. The Bertz CT molecular complexity index is 662. The lowest BCUT2D eigenvalue weighted by Gasteiger charge is -2.09. The Kier molecular flexibility index (Phi) is 3.46. The number of aryl methyl sites for hydroxylation is 1. The monoisotopic (exact) mass is 356 g/mol. The summed E-state index contributed by atoms with van der Waals surface area (Å²) in [6.07, 6.45) is 0. The van der Waals surface area contributed by atoms with Crippen LogP contribution < -0.4 is 5.43 Å². The topological polar surface area (TPSA) is 72.2 Å². The van der Waals surface area contributed by atoms with E-state index in [0.717, 1.165) is 9.26 Å². The summed E-state index contributed by atoms with van der Waals surface area (Å²) < 4.78 is 2.51. The van der Waals surface area contributed by atoms with Gasteiger partial charge in [-0.25, -0.2) is 9.48 Å². The number of nitrogens with zero attached hydrogens (tertiary/aromatic N) is 2. The molecule has 0 bridgehead atoms. The summed E-state index contributed by atoms with van der Waals surface area (Å²) in [7, 11) is 0. The fourth-order valence-corrected chi connectivity index (χ4v) is 1.90. The minimum atomic E-state index is -1.32. The van der Waals surface area contributed by atoms with Gasteiger partial charge in [0, 0.05) is 15.3 Å². The molecule has 1 N–H and O–H groups in total. The fourth-order valence-electron chi connectivity index (χ4n) is 1.54. The Balaban J connectivity index is 2.64. The third-order valence-corrected chi connectivity index (χ3v) is 3.10. The number of rotatable bonds is 2. The first-order valence-corrected chi connectivity index (χ1v) is 6.17. The van der Waals surface area contributed by atoms with Gasteiger partial charge in [0.1, 0.15) is 0 Å². The summed E-state index contributed by atoms with van der Waals surface area (Å²) in [5.41, 5.74) is 0.252. The number of carbonyl (C=O) groups is 1. The number of aromatic carboxylic acids is 1. The van der Waals surface area contributed by atoms with Crippen LogP contribution in [0.15, 0.2) is 35.1 Å². The average molecular weight is 356 g/mol. The van der Waals surface area contributed by atoms with E-state index in [-0.39, 0.29) is 0 Å². The van der Waals surface area contributed by atoms with E-state index < -0.39 is 17.1 Å². The SMILES string of the molecule is Cc1cc(=O)c(C(=O)O)nn1-c1ccc(I)cc1. The van der Waals surface area contributed by atoms with E-state index in [2.05, 4.69) is 27.7 Å². The Morgan fingerprint density at radius 1 is 1.33 bits per heavy atom. The molecule has 0 unspecified atom stereocenters. The van der Waals surface area contributed by atoms with E-state index in [0.29, 0.717) is 5.69 Å². The van der Waals surface area contributed by atoms with Gasteiger partial charge in [-0.2, -0.15) is 5.10 Å². The van der Waals surface area contributed by atoms with Gasteiger partial charge in [0.25, 0.3) is 0 Å². The summed E-state index contributed by atoms with van der Waals surface area (Å²) in [5, 5.41) is 12.8. The van der Waals surface area contributed by atoms with Gasteiger partial charge in [0.05, 0.1) is 5.69 Å². The molecule has 18 heavy (non-hydrogen) atoms. The zero-order valence-electron chi connectivity index (χ0n) is 9.42. The van der Waals surface area contributed by atoms with Crippen LogP contribution in [-0.2, 0) is 0 Å². The molecule has 0 radical (unpaired) electrons. The van der Waals surface area contributed by atoms with Crippen molar-refractivity contribution >= 4 is 28.6 Å². The molecule has 0 aliphatic rings. The Morgan fingerprint density at radius 2 is 1.94 bits per heavy atom. The van der Waals surface area contributed by atoms with Crippen LogP contribution >= 0.6 is 22.6 Å². The predicted molar refractivity (Wildman–Crippen MR) is 74.2 cm³/mol. The van der Waals surface area contributed by atoms with Crippen LogP contribution in [0.5, 0.6) is 0 Å². The molecule has 0 saturated carbocycles. The average Bonchev–Trinajstić information content (AvgIpc) is 2.30. The number of aromatic nitrogens is 2. The number of halogens is 1. The van der Waals surface area contributed by atoms with E-state index in [1.807, 2.05) is 24.3 Å². The molecule has 0 fully saturated rings. The minimum Gasteiger partial charge on any atom is -0.476 e. The van der Waals surface area contributed by atoms with Crippen LogP contribution in [0.2, 0.25) is 0 Å². The maximum atomic E-state index is 11.5. The van der Waals surface area contributed by atoms with Gasteiger partial charge >= 0.3 is 5.97 Å². The predicted octanol–water partition coefficient (Wildman–Crippen LogP) is 1.84. The van der Waals surface area contributed by atoms with Crippen molar-refractivity contribution in [3.05, 3.63) is 55.5 Å². The quantitative estimate of drug-likeness (QED) is 0.834. The Hall–Kier alpha value is -1.70. The van der Waals surface area contributed by atoms with Gasteiger partial charge in [0.2, 0.25) is 11.1 Å². The molecule has 0 aliphatic heterocycles. The highest BCUT2D eigenvalue weighted by Crippen LogP contribution is 2.11. The van der Waals surface area contributed by atoms with E-state index in [1.54, 1.807) is 6.92 Å². The van der Waals surface area contributed by atoms with Gasteiger partial charge in [0.15, 0.2) is 0 Å². The van der Waals surface area contributed by atoms with Crippen LogP contribution in [0.4, 0.5) is 0 Å². The van der Waals surface area contributed by atoms with E-state index in [4.69, 9.17) is 5.11 Å². The van der Waals surface area contributed by atoms with Crippen molar-refractivity contribution in [2.75, 3.05) is 0 Å². The van der Waals surface area contributed by atoms with Crippen molar-refractivity contribution in [1.29, 1.82) is 0 Å². The molecule has 6 heteroatoms. The first-order chi connectivity index (χ1) is 8.49. The van der Waals surface area contributed by atoms with E-state index in [1.165, 1.54) is 10.7 Å². The lowest BCUT2D eigenvalue weighted by Crippen LogP contribution is -2.22. The molecule has 0 spiro atoms. The summed E-state index contributed by atoms with van der Waals surface area (Å²) in [5.74, 6) is -1.32. The standard InChI is InChI=1S/C12H9IN2O3/c1-7-6-10(16)11(12(17)18)14-15(7)9-4-2-8(13)3-5-9/h2-6H,1H3,(H,17,18). The third-order valence-electron chi connectivity index (χ3n) is 2.38. The molecule has 1 aromatic carbocycles. The van der Waals surface area contributed by atoms with Crippen molar-refractivity contribution < 1.29 is 9.90 Å². The maximum absolute atomic E-state index is 11.5. The molecule has 2 rings (SSSR count). The molecule has 1 heterocycles. The van der Waals surface area contributed by atoms with Crippen molar-refractivity contribution in [3.63, 3.8) is 0 Å². The molecule has 5 nitrogen and oxygen atoms in total. The number of carboxylic acids is 1. The summed E-state index contributed by atoms with van der Waals surface area (Å²) in [4.78, 5) is 22.4. The fraction of sp³-hybridized carbons (Fsp3) is 0.0833. The highest BCUT2D eigenvalue weighted by Gasteiger charge is 2.13. The first kappa shape index (κ1) is 12.7. The van der Waals surface area contributed by atoms with Crippen LogP contribution in [0.3, 0.4) is 0 Å². The number of hydrogen-bond donors (Lipinski definition) is 1. The van der Waals surface area contributed by atoms with Crippen LogP contribution in [0, 0.1) is 10.5 Å². The molecule has 2 aromatic rings. The minimum absolute atomic E-state index is 0.473. The molecule has 0 aliphatic carbocycles. The lowest BCUT2D eigenvalue weighted by molar-refractivity contribution is 0.0686. The van der Waals surface area contributed by atoms with Crippen molar-refractivity contribution in [2.45, 2.75) is 6.92 Å². The highest BCUT2D eigenvalue weighted by atomic mass is 127. The smallest absolute Gasteiger partial charge is 0.360 e. The normalized spacial score (nSPS) is 10.3. The lowest BCUT2D eigenvalue weighted by atomic mass is 10.3. The second-order valence-corrected chi connectivity index (χ2v) is 4.94. The molecule has 0 atom stereocenters. The molecule has 0 saturated heterocycles. The van der Waals surface area contributed by atoms with Crippen LogP contribution in [-0.4, -0.2) is 20.9 Å². The molecule has 0 amide bonds. The van der Waals surface area contributed by atoms with E-state index >= 15 is 0 Å². The molecule has 92 valence electrons. The van der Waals surface area contributed by atoms with Crippen molar-refractivity contribution in [3.8, 4) is 5.69 Å². The molecular formula is C12H9IN2O3. The second-order valence-electron chi connectivity index (χ2n) is 3.69. The third kappa shape index (κ3) is 2.42. The maximum Gasteiger partial charge on any atom is 0.360 e. The van der Waals surface area contributed by atoms with Gasteiger partial charge in [-0.1, -0.05) is 0 Å². The number of benzene rings is 1. The molecular weight excluding hydrogens is 347 g/mol. The number of hydrogen-bond acceptors (Lipinski definition) is 3. The van der Waals surface area contributed by atoms with Gasteiger partial charge < -0.3 is 5.11 Å². The summed E-state index contributed by atoms with van der Waals surface area (Å²) in [6, 6.07) is 8.68. The number of carboxylic acid groups (broad SMARTS) is 1. The van der Waals surface area contributed by atoms with Crippen molar-refractivity contribution in [2.24, 2.45) is 0 Å². The second kappa shape index (κ2) is 4.89. The van der Waals surface area contributed by atoms with Gasteiger partial charge in [-0.05, 0) is 53.8 Å². The van der Waals surface area contributed by atoms with Gasteiger partial charge in [-0.3, -0.25) is 4.79 Å². The summed E-state index contributed by atoms with van der Waals surface area (Å²) >= 11 is 2.17. The van der Waals surface area contributed by atoms with Crippen LogP contribution in [0.1, 0.15) is 16.2 Å². The highest BCUT2D eigenvalue weighted by molar-refractivity contribution is 14.1. The van der Waals surface area contributed by atoms with Crippen LogP contribution in [0.25, 0.3) is 5.69 Å². The Morgan fingerprint density at radius 3 is 2.50 bits per heavy atom. The largest absolute Gasteiger partial charge is 0.476 e. The Labute approximate surface area is 116 Å². The van der Waals surface area contributed by atoms with Crippen molar-refractivity contribution in [1.82, 2.24) is 9.78 Å². The van der Waals surface area contributed by atoms with Gasteiger partial charge in [-0.15, -0.1) is 0 Å². The molecule has 1 aromatic heterocycles. The van der Waals surface area contributed by atoms with E-state index in [9.17, 15) is 9.59 Å². The zero-order chi connectivity index (χ0) is 13.3.